The van der Waals surface area contributed by atoms with E-state index in [2.05, 4.69) is 4.98 Å². The van der Waals surface area contributed by atoms with Gasteiger partial charge < -0.3 is 29.8 Å². The normalized spacial score (nSPS) is 10.8. The topological polar surface area (TPSA) is 112 Å². The second-order valence-corrected chi connectivity index (χ2v) is 5.10. The molecule has 0 aliphatic rings. The van der Waals surface area contributed by atoms with E-state index in [0.717, 1.165) is 0 Å². The first-order chi connectivity index (χ1) is 11.5. The molecule has 24 heavy (non-hydrogen) atoms. The largest absolute Gasteiger partial charge is 0.504 e. The van der Waals surface area contributed by atoms with Crippen molar-refractivity contribution in [2.24, 2.45) is 0 Å². The van der Waals surface area contributed by atoms with E-state index in [1.807, 2.05) is 0 Å². The minimum absolute atomic E-state index is 0.0920. The smallest absolute Gasteiger partial charge is 0.231 e. The molecule has 0 saturated carbocycles. The van der Waals surface area contributed by atoms with Crippen LogP contribution in [0.3, 0.4) is 0 Å². The fourth-order valence-corrected chi connectivity index (χ4v) is 2.55. The van der Waals surface area contributed by atoms with E-state index in [1.54, 1.807) is 6.07 Å². The molecule has 2 aromatic carbocycles. The van der Waals surface area contributed by atoms with Crippen LogP contribution in [-0.2, 0) is 0 Å². The number of phenols is 2. The van der Waals surface area contributed by atoms with Gasteiger partial charge in [-0.15, -0.1) is 0 Å². The van der Waals surface area contributed by atoms with Gasteiger partial charge in [-0.3, -0.25) is 4.79 Å². The predicted octanol–water partition coefficient (Wildman–Crippen LogP) is 2.33. The van der Waals surface area contributed by atoms with Gasteiger partial charge in [0.1, 0.15) is 0 Å². The van der Waals surface area contributed by atoms with Gasteiger partial charge in [0.15, 0.2) is 28.7 Å². The number of fused-ring (bicyclic) bond motifs is 1. The molecule has 0 atom stereocenters. The highest BCUT2D eigenvalue weighted by atomic mass is 16.5. The maximum atomic E-state index is 12.5. The molecule has 1 heterocycles. The zero-order valence-corrected chi connectivity index (χ0v) is 13.0. The van der Waals surface area contributed by atoms with Crippen molar-refractivity contribution in [3.05, 3.63) is 40.6 Å². The number of hydrogen-bond donors (Lipinski definition) is 4. The molecule has 0 aliphatic heterocycles. The number of phenolic OH excluding ortho intramolecular Hbond substituents is 2. The summed E-state index contributed by atoms with van der Waals surface area (Å²) in [6.45, 7) is 0. The van der Waals surface area contributed by atoms with E-state index in [4.69, 9.17) is 9.47 Å². The number of H-pyrrole nitrogens is 1. The van der Waals surface area contributed by atoms with Crippen molar-refractivity contribution >= 4 is 10.9 Å². The van der Waals surface area contributed by atoms with Crippen molar-refractivity contribution in [1.82, 2.24) is 4.98 Å². The lowest BCUT2D eigenvalue weighted by Crippen LogP contribution is -2.06. The van der Waals surface area contributed by atoms with Crippen LogP contribution in [0.5, 0.6) is 28.7 Å². The molecule has 4 N–H and O–H groups in total. The van der Waals surface area contributed by atoms with Gasteiger partial charge in [0.05, 0.1) is 30.8 Å². The molecule has 0 fully saturated rings. The number of hydrogen-bond acceptors (Lipinski definition) is 6. The first-order valence-electron chi connectivity index (χ1n) is 7.00. The van der Waals surface area contributed by atoms with Gasteiger partial charge >= 0.3 is 0 Å². The van der Waals surface area contributed by atoms with Crippen LogP contribution in [0.4, 0.5) is 0 Å². The molecule has 0 saturated heterocycles. The van der Waals surface area contributed by atoms with E-state index in [1.165, 1.54) is 38.5 Å². The fraction of sp³-hybridized carbons (Fsp3) is 0.118. The summed E-state index contributed by atoms with van der Waals surface area (Å²) >= 11 is 0. The van der Waals surface area contributed by atoms with E-state index < -0.39 is 11.2 Å². The standard InChI is InChI=1S/C17H15NO6/c1-23-12-6-4-9-14(17(12)24-2)18-13(16(22)15(9)21)8-3-5-10(19)11(20)7-8/h3-7,19-20,22H,1-2H3,(H,18,21). The maximum Gasteiger partial charge on any atom is 0.231 e. The molecule has 124 valence electrons. The van der Waals surface area contributed by atoms with Gasteiger partial charge in [0, 0.05) is 5.56 Å². The molecular formula is C17H15NO6. The summed E-state index contributed by atoms with van der Waals surface area (Å²) < 4.78 is 10.5. The van der Waals surface area contributed by atoms with Crippen molar-refractivity contribution in [2.45, 2.75) is 0 Å². The van der Waals surface area contributed by atoms with Crippen molar-refractivity contribution < 1.29 is 24.8 Å². The van der Waals surface area contributed by atoms with Crippen molar-refractivity contribution in [2.75, 3.05) is 14.2 Å². The zero-order valence-electron chi connectivity index (χ0n) is 13.0. The van der Waals surface area contributed by atoms with Crippen LogP contribution in [0.1, 0.15) is 0 Å². The molecule has 0 spiro atoms. The van der Waals surface area contributed by atoms with Gasteiger partial charge in [-0.05, 0) is 30.3 Å². The lowest BCUT2D eigenvalue weighted by Gasteiger charge is -2.13. The number of aromatic hydroxyl groups is 3. The van der Waals surface area contributed by atoms with Crippen molar-refractivity contribution in [1.29, 1.82) is 0 Å². The Labute approximate surface area is 136 Å². The molecule has 7 heteroatoms. The Balaban J connectivity index is 2.38. The van der Waals surface area contributed by atoms with Gasteiger partial charge in [-0.1, -0.05) is 0 Å². The van der Waals surface area contributed by atoms with E-state index >= 15 is 0 Å². The second-order valence-electron chi connectivity index (χ2n) is 5.10. The zero-order chi connectivity index (χ0) is 17.4. The summed E-state index contributed by atoms with van der Waals surface area (Å²) in [5.41, 5.74) is 0.176. The summed E-state index contributed by atoms with van der Waals surface area (Å²) in [6, 6.07) is 7.04. The Bertz CT molecular complexity index is 993. The van der Waals surface area contributed by atoms with Gasteiger partial charge in [-0.2, -0.15) is 0 Å². The lowest BCUT2D eigenvalue weighted by atomic mass is 10.1. The third-order valence-electron chi connectivity index (χ3n) is 3.76. The molecule has 0 bridgehead atoms. The quantitative estimate of drug-likeness (QED) is 0.549. The summed E-state index contributed by atoms with van der Waals surface area (Å²) in [5.74, 6) is -0.437. The number of aromatic nitrogens is 1. The third kappa shape index (κ3) is 2.26. The molecule has 3 aromatic rings. The van der Waals surface area contributed by atoms with Gasteiger partial charge in [0.2, 0.25) is 5.43 Å². The maximum absolute atomic E-state index is 12.5. The van der Waals surface area contributed by atoms with E-state index in [0.29, 0.717) is 22.6 Å². The van der Waals surface area contributed by atoms with Crippen LogP contribution in [0.15, 0.2) is 35.1 Å². The molecule has 1 aromatic heterocycles. The second kappa shape index (κ2) is 5.69. The molecule has 0 amide bonds. The van der Waals surface area contributed by atoms with Gasteiger partial charge in [-0.25, -0.2) is 0 Å². The minimum Gasteiger partial charge on any atom is -0.504 e. The number of rotatable bonds is 3. The Morgan fingerprint density at radius 3 is 2.33 bits per heavy atom. The highest BCUT2D eigenvalue weighted by molar-refractivity contribution is 5.91. The average Bonchev–Trinajstić information content (AvgIpc) is 2.59. The van der Waals surface area contributed by atoms with Crippen LogP contribution in [0, 0.1) is 0 Å². The van der Waals surface area contributed by atoms with E-state index in [9.17, 15) is 20.1 Å². The average molecular weight is 329 g/mol. The fourth-order valence-electron chi connectivity index (χ4n) is 2.55. The highest BCUT2D eigenvalue weighted by Crippen LogP contribution is 2.37. The molecule has 3 rings (SSSR count). The summed E-state index contributed by atoms with van der Waals surface area (Å²) in [6.07, 6.45) is 0. The monoisotopic (exact) mass is 329 g/mol. The van der Waals surface area contributed by atoms with Crippen LogP contribution in [-0.4, -0.2) is 34.5 Å². The third-order valence-corrected chi connectivity index (χ3v) is 3.76. The van der Waals surface area contributed by atoms with Gasteiger partial charge in [0.25, 0.3) is 0 Å². The Kier molecular flexibility index (Phi) is 3.69. The van der Waals surface area contributed by atoms with Crippen molar-refractivity contribution in [3.63, 3.8) is 0 Å². The van der Waals surface area contributed by atoms with E-state index in [-0.39, 0.29) is 22.6 Å². The first-order valence-corrected chi connectivity index (χ1v) is 7.00. The van der Waals surface area contributed by atoms with Crippen LogP contribution in [0.2, 0.25) is 0 Å². The number of methoxy groups -OCH3 is 2. The summed E-state index contributed by atoms with van der Waals surface area (Å²) in [4.78, 5) is 15.4. The Morgan fingerprint density at radius 1 is 0.958 bits per heavy atom. The highest BCUT2D eigenvalue weighted by Gasteiger charge is 2.18. The lowest BCUT2D eigenvalue weighted by molar-refractivity contribution is 0.358. The number of nitrogens with one attached hydrogen (secondary N) is 1. The number of aromatic amines is 1. The molecule has 0 aliphatic carbocycles. The Morgan fingerprint density at radius 2 is 1.71 bits per heavy atom. The minimum atomic E-state index is -0.590. The molecule has 7 nitrogen and oxygen atoms in total. The number of pyridine rings is 1. The van der Waals surface area contributed by atoms with Crippen LogP contribution >= 0.6 is 0 Å². The Hall–Kier alpha value is -3.35. The molecular weight excluding hydrogens is 314 g/mol. The molecule has 0 radical (unpaired) electrons. The number of ether oxygens (including phenoxy) is 2. The summed E-state index contributed by atoms with van der Waals surface area (Å²) in [7, 11) is 2.91. The molecule has 0 unspecified atom stereocenters. The predicted molar refractivity (Wildman–Crippen MR) is 88.1 cm³/mol. The first kappa shape index (κ1) is 15.5. The summed E-state index contributed by atoms with van der Waals surface area (Å²) in [5, 5.41) is 29.5. The SMILES string of the molecule is COc1ccc2c(=O)c(O)c(-c3ccc(O)c(O)c3)[nH]c2c1OC. The van der Waals surface area contributed by atoms with Crippen molar-refractivity contribution in [3.8, 4) is 40.0 Å². The number of benzene rings is 2. The van der Waals surface area contributed by atoms with Crippen LogP contribution < -0.4 is 14.9 Å². The van der Waals surface area contributed by atoms with Crippen LogP contribution in [0.25, 0.3) is 22.2 Å².